The summed E-state index contributed by atoms with van der Waals surface area (Å²) in [6, 6.07) is 11.6. The summed E-state index contributed by atoms with van der Waals surface area (Å²) in [4.78, 5) is 0. The third-order valence-corrected chi connectivity index (χ3v) is 3.58. The van der Waals surface area contributed by atoms with Crippen LogP contribution in [0, 0.1) is 5.82 Å². The van der Waals surface area contributed by atoms with Crippen LogP contribution in [0.15, 0.2) is 42.5 Å². The molecular formula is C15H13Cl2FO. The van der Waals surface area contributed by atoms with Crippen LogP contribution >= 0.6 is 23.2 Å². The number of rotatable bonds is 3. The molecule has 1 unspecified atom stereocenters. The molecule has 0 amide bonds. The lowest BCUT2D eigenvalue weighted by Crippen LogP contribution is -2.24. The van der Waals surface area contributed by atoms with Gasteiger partial charge in [0.15, 0.2) is 0 Å². The second kappa shape index (κ2) is 5.49. The second-order valence-corrected chi connectivity index (χ2v) is 5.51. The Bertz CT molecular complexity index is 579. The zero-order chi connectivity index (χ0) is 14.0. The molecule has 1 atom stereocenters. The fourth-order valence-corrected chi connectivity index (χ4v) is 2.29. The monoisotopic (exact) mass is 298 g/mol. The van der Waals surface area contributed by atoms with Crippen LogP contribution in [0.3, 0.4) is 0 Å². The van der Waals surface area contributed by atoms with Crippen molar-refractivity contribution in [2.45, 2.75) is 18.9 Å². The molecule has 2 aromatic carbocycles. The third-order valence-electron chi connectivity index (χ3n) is 3.03. The Morgan fingerprint density at radius 1 is 1.11 bits per heavy atom. The van der Waals surface area contributed by atoms with Crippen LogP contribution in [0.4, 0.5) is 4.39 Å². The number of aliphatic hydroxyl groups is 1. The average molecular weight is 299 g/mol. The molecule has 100 valence electrons. The van der Waals surface area contributed by atoms with Crippen LogP contribution < -0.4 is 0 Å². The van der Waals surface area contributed by atoms with Crippen molar-refractivity contribution in [3.63, 3.8) is 0 Å². The van der Waals surface area contributed by atoms with E-state index < -0.39 is 11.4 Å². The van der Waals surface area contributed by atoms with Crippen molar-refractivity contribution < 1.29 is 9.50 Å². The van der Waals surface area contributed by atoms with Crippen LogP contribution in [0.2, 0.25) is 10.0 Å². The Morgan fingerprint density at radius 2 is 1.74 bits per heavy atom. The summed E-state index contributed by atoms with van der Waals surface area (Å²) in [6.07, 6.45) is 0.140. The molecule has 0 heterocycles. The SMILES string of the molecule is CC(O)(Cc1cccc(Cl)c1F)c1ccc(Cl)cc1. The predicted molar refractivity (Wildman–Crippen MR) is 76.1 cm³/mol. The Hall–Kier alpha value is -1.09. The maximum Gasteiger partial charge on any atom is 0.145 e. The molecule has 1 nitrogen and oxygen atoms in total. The molecule has 0 radical (unpaired) electrons. The van der Waals surface area contributed by atoms with Crippen LogP contribution in [0.1, 0.15) is 18.1 Å². The molecule has 1 N–H and O–H groups in total. The molecule has 0 spiro atoms. The largest absolute Gasteiger partial charge is 0.385 e. The van der Waals surface area contributed by atoms with E-state index in [1.807, 2.05) is 0 Å². The molecule has 0 aliphatic rings. The van der Waals surface area contributed by atoms with E-state index in [0.717, 1.165) is 0 Å². The fourth-order valence-electron chi connectivity index (χ4n) is 1.97. The quantitative estimate of drug-likeness (QED) is 0.879. The first-order valence-corrected chi connectivity index (χ1v) is 6.57. The van der Waals surface area contributed by atoms with Gasteiger partial charge in [-0.25, -0.2) is 4.39 Å². The van der Waals surface area contributed by atoms with E-state index in [2.05, 4.69) is 0 Å². The van der Waals surface area contributed by atoms with Crippen molar-refractivity contribution in [2.24, 2.45) is 0 Å². The Kier molecular flexibility index (Phi) is 4.14. The molecule has 0 aliphatic heterocycles. The summed E-state index contributed by atoms with van der Waals surface area (Å²) in [5, 5.41) is 11.1. The lowest BCUT2D eigenvalue weighted by Gasteiger charge is -2.24. The highest BCUT2D eigenvalue weighted by molar-refractivity contribution is 6.31. The summed E-state index contributed by atoms with van der Waals surface area (Å²) < 4.78 is 13.8. The number of hydrogen-bond acceptors (Lipinski definition) is 1. The standard InChI is InChI=1S/C15H13Cl2FO/c1-15(19,11-5-7-12(16)8-6-11)9-10-3-2-4-13(17)14(10)18/h2-8,19H,9H2,1H3. The number of halogens is 3. The first-order chi connectivity index (χ1) is 8.90. The van der Waals surface area contributed by atoms with Crippen molar-refractivity contribution in [1.29, 1.82) is 0 Å². The zero-order valence-corrected chi connectivity index (χ0v) is 11.8. The van der Waals surface area contributed by atoms with E-state index in [9.17, 15) is 9.50 Å². The molecule has 19 heavy (non-hydrogen) atoms. The van der Waals surface area contributed by atoms with Crippen molar-refractivity contribution in [3.8, 4) is 0 Å². The molecule has 0 bridgehead atoms. The predicted octanol–water partition coefficient (Wildman–Crippen LogP) is 4.58. The van der Waals surface area contributed by atoms with Crippen molar-refractivity contribution in [1.82, 2.24) is 0 Å². The van der Waals surface area contributed by atoms with Gasteiger partial charge in [0.1, 0.15) is 5.82 Å². The molecule has 2 aromatic rings. The summed E-state index contributed by atoms with van der Waals surface area (Å²) in [6.45, 7) is 1.64. The lowest BCUT2D eigenvalue weighted by molar-refractivity contribution is 0.0567. The van der Waals surface area contributed by atoms with Gasteiger partial charge in [-0.2, -0.15) is 0 Å². The zero-order valence-electron chi connectivity index (χ0n) is 10.3. The van der Waals surface area contributed by atoms with Gasteiger partial charge < -0.3 is 5.11 Å². The summed E-state index contributed by atoms with van der Waals surface area (Å²) >= 11 is 11.5. The van der Waals surface area contributed by atoms with Gasteiger partial charge in [0.2, 0.25) is 0 Å². The summed E-state index contributed by atoms with van der Waals surface area (Å²) in [7, 11) is 0. The molecule has 2 rings (SSSR count). The molecule has 4 heteroatoms. The van der Waals surface area contributed by atoms with Gasteiger partial charge in [-0.05, 0) is 36.2 Å². The minimum Gasteiger partial charge on any atom is -0.385 e. The number of hydrogen-bond donors (Lipinski definition) is 1. The Labute approximate surface area is 121 Å². The van der Waals surface area contributed by atoms with Gasteiger partial charge in [-0.3, -0.25) is 0 Å². The van der Waals surface area contributed by atoms with Gasteiger partial charge in [0.25, 0.3) is 0 Å². The van der Waals surface area contributed by atoms with E-state index in [-0.39, 0.29) is 11.4 Å². The van der Waals surface area contributed by atoms with Gasteiger partial charge in [0.05, 0.1) is 10.6 Å². The summed E-state index contributed by atoms with van der Waals surface area (Å²) in [5.74, 6) is -0.488. The number of benzene rings is 2. The van der Waals surface area contributed by atoms with Crippen LogP contribution in [-0.4, -0.2) is 5.11 Å². The Morgan fingerprint density at radius 3 is 2.37 bits per heavy atom. The lowest BCUT2D eigenvalue weighted by atomic mass is 9.89. The first kappa shape index (κ1) is 14.3. The van der Waals surface area contributed by atoms with Gasteiger partial charge in [0, 0.05) is 11.4 Å². The average Bonchev–Trinajstić information content (AvgIpc) is 2.35. The molecule has 0 aromatic heterocycles. The van der Waals surface area contributed by atoms with Gasteiger partial charge in [-0.15, -0.1) is 0 Å². The summed E-state index contributed by atoms with van der Waals surface area (Å²) in [5.41, 5.74) is -0.125. The highest BCUT2D eigenvalue weighted by atomic mass is 35.5. The molecular weight excluding hydrogens is 286 g/mol. The van der Waals surface area contributed by atoms with Crippen molar-refractivity contribution in [2.75, 3.05) is 0 Å². The highest BCUT2D eigenvalue weighted by Gasteiger charge is 2.25. The minimum absolute atomic E-state index is 0.0596. The van der Waals surface area contributed by atoms with Crippen molar-refractivity contribution in [3.05, 3.63) is 69.5 Å². The van der Waals surface area contributed by atoms with Gasteiger partial charge in [-0.1, -0.05) is 47.5 Å². The van der Waals surface area contributed by atoms with Crippen molar-refractivity contribution >= 4 is 23.2 Å². The Balaban J connectivity index is 2.30. The van der Waals surface area contributed by atoms with Crippen LogP contribution in [-0.2, 0) is 12.0 Å². The van der Waals surface area contributed by atoms with E-state index in [0.29, 0.717) is 16.1 Å². The smallest absolute Gasteiger partial charge is 0.145 e. The molecule has 0 aliphatic carbocycles. The highest BCUT2D eigenvalue weighted by Crippen LogP contribution is 2.29. The van der Waals surface area contributed by atoms with E-state index >= 15 is 0 Å². The van der Waals surface area contributed by atoms with Crippen LogP contribution in [0.5, 0.6) is 0 Å². The molecule has 0 saturated carbocycles. The second-order valence-electron chi connectivity index (χ2n) is 4.67. The normalized spacial score (nSPS) is 14.2. The van der Waals surface area contributed by atoms with E-state index in [4.69, 9.17) is 23.2 Å². The first-order valence-electron chi connectivity index (χ1n) is 5.81. The van der Waals surface area contributed by atoms with E-state index in [1.165, 1.54) is 6.07 Å². The molecule has 0 saturated heterocycles. The topological polar surface area (TPSA) is 20.2 Å². The fraction of sp³-hybridized carbons (Fsp3) is 0.200. The van der Waals surface area contributed by atoms with Gasteiger partial charge >= 0.3 is 0 Å². The maximum absolute atomic E-state index is 13.8. The van der Waals surface area contributed by atoms with E-state index in [1.54, 1.807) is 43.3 Å². The minimum atomic E-state index is -1.18. The maximum atomic E-state index is 13.8. The third kappa shape index (κ3) is 3.27. The van der Waals surface area contributed by atoms with Crippen LogP contribution in [0.25, 0.3) is 0 Å². The molecule has 0 fully saturated rings.